The minimum Gasteiger partial charge on any atom is -0.398 e. The Balaban J connectivity index is 1.29. The molecule has 3 nitrogen and oxygen atoms in total. The van der Waals surface area contributed by atoms with E-state index in [0.717, 1.165) is 39.3 Å². The van der Waals surface area contributed by atoms with Crippen molar-refractivity contribution in [2.24, 2.45) is 5.73 Å². The van der Waals surface area contributed by atoms with Crippen LogP contribution in [-0.2, 0) is 0 Å². The van der Waals surface area contributed by atoms with Crippen LogP contribution in [-0.4, -0.2) is 0 Å². The van der Waals surface area contributed by atoms with E-state index in [9.17, 15) is 0 Å². The van der Waals surface area contributed by atoms with Gasteiger partial charge in [-0.1, -0.05) is 133 Å². The van der Waals surface area contributed by atoms with Crippen LogP contribution in [0.2, 0.25) is 0 Å². The standard InChI is InChI=1S/C38H33N3/c39-35-17-9-7-16-34(35)37(30-21-19-28(20-22-30)27-11-3-1-4-12-27)38(40)31-23-25-32(26-24-31)41-36-18-10-8-15-33(36)29-13-5-2-6-14-29/h1-26,37-38,41H,39-40H2/t37?,38-/m0/s1. The minimum atomic E-state index is -0.284. The third-order valence-corrected chi connectivity index (χ3v) is 7.65. The molecule has 0 aliphatic heterocycles. The Hall–Kier alpha value is -5.12. The summed E-state index contributed by atoms with van der Waals surface area (Å²) >= 11 is 0. The summed E-state index contributed by atoms with van der Waals surface area (Å²) in [6.45, 7) is 0. The van der Waals surface area contributed by atoms with Gasteiger partial charge in [0.25, 0.3) is 0 Å². The van der Waals surface area contributed by atoms with E-state index in [0.29, 0.717) is 0 Å². The number of anilines is 3. The summed E-state index contributed by atoms with van der Waals surface area (Å²) in [5, 5.41) is 3.60. The second-order valence-corrected chi connectivity index (χ2v) is 10.3. The maximum absolute atomic E-state index is 7.05. The monoisotopic (exact) mass is 531 g/mol. The predicted octanol–water partition coefficient (Wildman–Crippen LogP) is 9.18. The number of hydrogen-bond acceptors (Lipinski definition) is 3. The van der Waals surface area contributed by atoms with Gasteiger partial charge in [0.1, 0.15) is 0 Å². The Bertz CT molecular complexity index is 1710. The van der Waals surface area contributed by atoms with E-state index in [1.165, 1.54) is 16.7 Å². The smallest absolute Gasteiger partial charge is 0.0463 e. The number of nitrogens with one attached hydrogen (secondary N) is 1. The molecule has 0 aromatic heterocycles. The maximum atomic E-state index is 7.05. The summed E-state index contributed by atoms with van der Waals surface area (Å²) < 4.78 is 0. The molecule has 5 N–H and O–H groups in total. The second-order valence-electron chi connectivity index (χ2n) is 10.3. The third-order valence-electron chi connectivity index (χ3n) is 7.65. The van der Waals surface area contributed by atoms with E-state index in [-0.39, 0.29) is 12.0 Å². The van der Waals surface area contributed by atoms with Crippen LogP contribution in [0.25, 0.3) is 22.3 Å². The average molecular weight is 532 g/mol. The summed E-state index contributed by atoms with van der Waals surface area (Å²) in [7, 11) is 0. The van der Waals surface area contributed by atoms with Gasteiger partial charge in [0.15, 0.2) is 0 Å². The van der Waals surface area contributed by atoms with Gasteiger partial charge < -0.3 is 16.8 Å². The Morgan fingerprint density at radius 2 is 1.00 bits per heavy atom. The molecule has 0 bridgehead atoms. The van der Waals surface area contributed by atoms with E-state index >= 15 is 0 Å². The summed E-state index contributed by atoms with van der Waals surface area (Å²) in [5.74, 6) is -0.0985. The van der Waals surface area contributed by atoms with Gasteiger partial charge in [0, 0.05) is 34.6 Å². The fourth-order valence-corrected chi connectivity index (χ4v) is 5.49. The lowest BCUT2D eigenvalue weighted by Gasteiger charge is -2.27. The van der Waals surface area contributed by atoms with Crippen molar-refractivity contribution >= 4 is 17.1 Å². The molecular weight excluding hydrogens is 498 g/mol. The van der Waals surface area contributed by atoms with Crippen molar-refractivity contribution in [3.63, 3.8) is 0 Å². The highest BCUT2D eigenvalue weighted by atomic mass is 14.9. The number of rotatable bonds is 8. The summed E-state index contributed by atoms with van der Waals surface area (Å²) in [6, 6.07) is 54.1. The van der Waals surface area contributed by atoms with Crippen LogP contribution in [0.15, 0.2) is 158 Å². The molecular formula is C38H33N3. The van der Waals surface area contributed by atoms with Gasteiger partial charge >= 0.3 is 0 Å². The maximum Gasteiger partial charge on any atom is 0.0463 e. The molecule has 0 amide bonds. The van der Waals surface area contributed by atoms with Crippen molar-refractivity contribution in [2.75, 3.05) is 11.1 Å². The molecule has 6 aromatic rings. The number of para-hydroxylation sites is 2. The molecule has 0 saturated carbocycles. The van der Waals surface area contributed by atoms with E-state index < -0.39 is 0 Å². The zero-order chi connectivity index (χ0) is 28.0. The van der Waals surface area contributed by atoms with Crippen LogP contribution in [0, 0.1) is 0 Å². The molecule has 200 valence electrons. The second kappa shape index (κ2) is 12.0. The third kappa shape index (κ3) is 5.76. The van der Waals surface area contributed by atoms with Crippen molar-refractivity contribution in [2.45, 2.75) is 12.0 Å². The lowest BCUT2D eigenvalue weighted by Crippen LogP contribution is -2.22. The van der Waals surface area contributed by atoms with Gasteiger partial charge in [-0.25, -0.2) is 0 Å². The number of nitrogen functional groups attached to an aromatic ring is 1. The first-order valence-electron chi connectivity index (χ1n) is 13.9. The molecule has 0 spiro atoms. The normalized spacial score (nSPS) is 12.4. The molecule has 3 heteroatoms. The zero-order valence-electron chi connectivity index (χ0n) is 22.8. The Morgan fingerprint density at radius 1 is 0.463 bits per heavy atom. The van der Waals surface area contributed by atoms with Gasteiger partial charge in [0.2, 0.25) is 0 Å². The number of nitrogens with two attached hydrogens (primary N) is 2. The van der Waals surface area contributed by atoms with E-state index in [1.54, 1.807) is 0 Å². The first-order valence-corrected chi connectivity index (χ1v) is 13.9. The quantitative estimate of drug-likeness (QED) is 0.172. The Kier molecular flexibility index (Phi) is 7.61. The van der Waals surface area contributed by atoms with Crippen molar-refractivity contribution in [1.82, 2.24) is 0 Å². The molecule has 6 rings (SSSR count). The summed E-state index contributed by atoms with van der Waals surface area (Å²) in [4.78, 5) is 0. The van der Waals surface area contributed by atoms with Gasteiger partial charge in [-0.05, 0) is 57.6 Å². The van der Waals surface area contributed by atoms with Crippen molar-refractivity contribution in [1.29, 1.82) is 0 Å². The van der Waals surface area contributed by atoms with E-state index in [4.69, 9.17) is 11.5 Å². The van der Waals surface area contributed by atoms with Crippen LogP contribution in [0.5, 0.6) is 0 Å². The molecule has 41 heavy (non-hydrogen) atoms. The van der Waals surface area contributed by atoms with Crippen LogP contribution < -0.4 is 16.8 Å². The van der Waals surface area contributed by atoms with Crippen LogP contribution in [0.4, 0.5) is 17.1 Å². The number of benzene rings is 6. The molecule has 0 aliphatic rings. The van der Waals surface area contributed by atoms with Crippen LogP contribution in [0.1, 0.15) is 28.7 Å². The highest BCUT2D eigenvalue weighted by Crippen LogP contribution is 2.39. The van der Waals surface area contributed by atoms with E-state index in [1.807, 2.05) is 30.3 Å². The molecule has 0 heterocycles. The largest absolute Gasteiger partial charge is 0.398 e. The zero-order valence-corrected chi connectivity index (χ0v) is 22.8. The highest BCUT2D eigenvalue weighted by Gasteiger charge is 2.25. The Labute approximate surface area is 242 Å². The molecule has 6 aromatic carbocycles. The van der Waals surface area contributed by atoms with Crippen LogP contribution >= 0.6 is 0 Å². The first-order chi connectivity index (χ1) is 20.2. The molecule has 0 fully saturated rings. The summed E-state index contributed by atoms with van der Waals surface area (Å²) in [6.07, 6.45) is 0. The fraction of sp³-hybridized carbons (Fsp3) is 0.0526. The summed E-state index contributed by atoms with van der Waals surface area (Å²) in [5.41, 5.74) is 24.3. The number of hydrogen-bond donors (Lipinski definition) is 3. The predicted molar refractivity (Wildman–Crippen MR) is 173 cm³/mol. The Morgan fingerprint density at radius 3 is 1.68 bits per heavy atom. The highest BCUT2D eigenvalue weighted by molar-refractivity contribution is 5.81. The molecule has 0 radical (unpaired) electrons. The lowest BCUT2D eigenvalue weighted by molar-refractivity contribution is 0.631. The van der Waals surface area contributed by atoms with Gasteiger partial charge in [0.05, 0.1) is 0 Å². The molecule has 1 unspecified atom stereocenters. The van der Waals surface area contributed by atoms with Crippen molar-refractivity contribution < 1.29 is 0 Å². The van der Waals surface area contributed by atoms with Gasteiger partial charge in [-0.15, -0.1) is 0 Å². The SMILES string of the molecule is Nc1ccccc1C(c1ccc(-c2ccccc2)cc1)[C@@H](N)c1ccc(Nc2ccccc2-c2ccccc2)cc1. The molecule has 0 aliphatic carbocycles. The first kappa shape index (κ1) is 26.1. The van der Waals surface area contributed by atoms with Crippen molar-refractivity contribution in [3.8, 4) is 22.3 Å². The van der Waals surface area contributed by atoms with Crippen LogP contribution in [0.3, 0.4) is 0 Å². The van der Waals surface area contributed by atoms with Gasteiger partial charge in [-0.2, -0.15) is 0 Å². The van der Waals surface area contributed by atoms with E-state index in [2.05, 4.69) is 133 Å². The average Bonchev–Trinajstić information content (AvgIpc) is 3.04. The van der Waals surface area contributed by atoms with Crippen molar-refractivity contribution in [3.05, 3.63) is 174 Å². The topological polar surface area (TPSA) is 64.1 Å². The molecule has 0 saturated heterocycles. The minimum absolute atomic E-state index is 0.0985. The van der Waals surface area contributed by atoms with Gasteiger partial charge in [-0.3, -0.25) is 0 Å². The lowest BCUT2D eigenvalue weighted by atomic mass is 9.81. The fourth-order valence-electron chi connectivity index (χ4n) is 5.49. The molecule has 2 atom stereocenters.